The van der Waals surface area contributed by atoms with Crippen LogP contribution in [0.2, 0.25) is 0 Å². The van der Waals surface area contributed by atoms with Gasteiger partial charge in [-0.3, -0.25) is 14.3 Å². The number of thioether (sulfide) groups is 1. The van der Waals surface area contributed by atoms with Gasteiger partial charge in [-0.1, -0.05) is 11.8 Å². The second-order valence-corrected chi connectivity index (χ2v) is 9.16. The molecule has 0 spiro atoms. The Balaban J connectivity index is 1.29. The van der Waals surface area contributed by atoms with Crippen LogP contribution in [0.3, 0.4) is 0 Å². The lowest BCUT2D eigenvalue weighted by molar-refractivity contribution is -0.128. The lowest BCUT2D eigenvalue weighted by Gasteiger charge is -2.36. The molecular weight excluding hydrogens is 479 g/mol. The number of hydrogen-bond acceptors (Lipinski definition) is 7. The third-order valence-corrected chi connectivity index (χ3v) is 6.95. The van der Waals surface area contributed by atoms with Crippen molar-refractivity contribution in [3.05, 3.63) is 78.9 Å². The highest BCUT2D eigenvalue weighted by Gasteiger charge is 2.23. The highest BCUT2D eigenvalue weighted by atomic mass is 32.2. The SMILES string of the molecule is COc1ccc(-n2c(SCC(=O)N3CCN(c4ccc(F)cc4)CC3)nnc2-c2cccnc2)cc1. The summed E-state index contributed by atoms with van der Waals surface area (Å²) in [5, 5.41) is 9.43. The van der Waals surface area contributed by atoms with Gasteiger partial charge in [0, 0.05) is 55.5 Å². The first kappa shape index (κ1) is 23.8. The van der Waals surface area contributed by atoms with E-state index in [9.17, 15) is 9.18 Å². The molecule has 0 aliphatic carbocycles. The van der Waals surface area contributed by atoms with E-state index in [1.807, 2.05) is 45.9 Å². The summed E-state index contributed by atoms with van der Waals surface area (Å²) in [5.41, 5.74) is 2.66. The molecule has 1 aliphatic heterocycles. The predicted molar refractivity (Wildman–Crippen MR) is 137 cm³/mol. The summed E-state index contributed by atoms with van der Waals surface area (Å²) in [6.45, 7) is 2.64. The van der Waals surface area contributed by atoms with Crippen LogP contribution in [0.4, 0.5) is 10.1 Å². The van der Waals surface area contributed by atoms with Crippen molar-refractivity contribution in [1.82, 2.24) is 24.6 Å². The van der Waals surface area contributed by atoms with E-state index in [1.165, 1.54) is 23.9 Å². The van der Waals surface area contributed by atoms with Gasteiger partial charge < -0.3 is 14.5 Å². The van der Waals surface area contributed by atoms with Crippen molar-refractivity contribution in [2.75, 3.05) is 43.9 Å². The zero-order chi connectivity index (χ0) is 24.9. The van der Waals surface area contributed by atoms with Gasteiger partial charge in [0.15, 0.2) is 11.0 Å². The first-order chi connectivity index (χ1) is 17.6. The number of nitrogens with zero attached hydrogens (tertiary/aromatic N) is 6. The number of rotatable bonds is 7. The molecule has 36 heavy (non-hydrogen) atoms. The highest BCUT2D eigenvalue weighted by molar-refractivity contribution is 7.99. The minimum absolute atomic E-state index is 0.0472. The number of halogens is 1. The maximum Gasteiger partial charge on any atom is 0.233 e. The van der Waals surface area contributed by atoms with Crippen molar-refractivity contribution < 1.29 is 13.9 Å². The molecule has 0 saturated carbocycles. The Kier molecular flexibility index (Phi) is 7.13. The van der Waals surface area contributed by atoms with E-state index in [4.69, 9.17) is 4.74 Å². The number of aromatic nitrogens is 4. The van der Waals surface area contributed by atoms with Crippen LogP contribution in [0, 0.1) is 5.82 Å². The van der Waals surface area contributed by atoms with Gasteiger partial charge in [0.1, 0.15) is 11.6 Å². The second kappa shape index (κ2) is 10.8. The standard InChI is InChI=1S/C26H25FN6O2S/c1-35-23-10-8-22(9-11-23)33-25(19-3-2-12-28-17-19)29-30-26(33)36-18-24(34)32-15-13-31(14-16-32)21-6-4-20(27)5-7-21/h2-12,17H,13-16,18H2,1H3. The Morgan fingerprint density at radius 3 is 2.36 bits per heavy atom. The van der Waals surface area contributed by atoms with Gasteiger partial charge in [0.25, 0.3) is 0 Å². The number of amides is 1. The normalized spacial score (nSPS) is 13.6. The molecule has 3 heterocycles. The molecule has 0 unspecified atom stereocenters. The predicted octanol–water partition coefficient (Wildman–Crippen LogP) is 3.92. The van der Waals surface area contributed by atoms with Gasteiger partial charge in [0.2, 0.25) is 5.91 Å². The summed E-state index contributed by atoms with van der Waals surface area (Å²) in [6.07, 6.45) is 3.45. The van der Waals surface area contributed by atoms with E-state index in [2.05, 4.69) is 20.1 Å². The van der Waals surface area contributed by atoms with Gasteiger partial charge in [-0.05, 0) is 60.7 Å². The number of benzene rings is 2. The number of pyridine rings is 1. The molecule has 2 aromatic carbocycles. The molecular formula is C26H25FN6O2S. The molecule has 0 radical (unpaired) electrons. The maximum absolute atomic E-state index is 13.2. The third kappa shape index (κ3) is 5.18. The van der Waals surface area contributed by atoms with Crippen molar-refractivity contribution in [2.24, 2.45) is 0 Å². The minimum atomic E-state index is -0.251. The van der Waals surface area contributed by atoms with Crippen LogP contribution in [0.15, 0.2) is 78.2 Å². The zero-order valence-corrected chi connectivity index (χ0v) is 20.6. The van der Waals surface area contributed by atoms with Crippen LogP contribution in [0.25, 0.3) is 17.1 Å². The number of anilines is 1. The van der Waals surface area contributed by atoms with E-state index in [0.717, 1.165) is 22.7 Å². The van der Waals surface area contributed by atoms with Crippen LogP contribution >= 0.6 is 11.8 Å². The van der Waals surface area contributed by atoms with Gasteiger partial charge in [-0.15, -0.1) is 10.2 Å². The molecule has 0 bridgehead atoms. The van der Waals surface area contributed by atoms with Crippen molar-refractivity contribution in [3.63, 3.8) is 0 Å². The molecule has 2 aromatic heterocycles. The molecule has 1 saturated heterocycles. The van der Waals surface area contributed by atoms with E-state index in [-0.39, 0.29) is 17.5 Å². The molecule has 10 heteroatoms. The van der Waals surface area contributed by atoms with E-state index in [0.29, 0.717) is 37.2 Å². The Morgan fingerprint density at radius 2 is 1.69 bits per heavy atom. The van der Waals surface area contributed by atoms with E-state index < -0.39 is 0 Å². The summed E-state index contributed by atoms with van der Waals surface area (Å²) in [5.74, 6) is 1.44. The number of carbonyl (C=O) groups is 1. The number of methoxy groups -OCH3 is 1. The van der Waals surface area contributed by atoms with Gasteiger partial charge in [-0.25, -0.2) is 4.39 Å². The van der Waals surface area contributed by atoms with Crippen LogP contribution in [-0.2, 0) is 4.79 Å². The molecule has 5 rings (SSSR count). The number of carbonyl (C=O) groups excluding carboxylic acids is 1. The number of piperazine rings is 1. The van der Waals surface area contributed by atoms with Crippen molar-refractivity contribution in [3.8, 4) is 22.8 Å². The fraction of sp³-hybridized carbons (Fsp3) is 0.231. The largest absolute Gasteiger partial charge is 0.497 e. The number of hydrogen-bond donors (Lipinski definition) is 0. The first-order valence-corrected chi connectivity index (χ1v) is 12.5. The fourth-order valence-corrected chi connectivity index (χ4v) is 4.95. The van der Waals surface area contributed by atoms with Crippen molar-refractivity contribution >= 4 is 23.4 Å². The fourth-order valence-electron chi connectivity index (χ4n) is 4.09. The van der Waals surface area contributed by atoms with Gasteiger partial charge >= 0.3 is 0 Å². The minimum Gasteiger partial charge on any atom is -0.497 e. The van der Waals surface area contributed by atoms with E-state index in [1.54, 1.807) is 31.6 Å². The second-order valence-electron chi connectivity index (χ2n) is 8.21. The summed E-state index contributed by atoms with van der Waals surface area (Å²) < 4.78 is 20.4. The summed E-state index contributed by atoms with van der Waals surface area (Å²) in [7, 11) is 1.63. The van der Waals surface area contributed by atoms with Crippen molar-refractivity contribution in [2.45, 2.75) is 5.16 Å². The maximum atomic E-state index is 13.2. The zero-order valence-electron chi connectivity index (χ0n) is 19.7. The van der Waals surface area contributed by atoms with E-state index >= 15 is 0 Å². The molecule has 184 valence electrons. The monoisotopic (exact) mass is 504 g/mol. The first-order valence-electron chi connectivity index (χ1n) is 11.5. The van der Waals surface area contributed by atoms with Crippen LogP contribution in [0.1, 0.15) is 0 Å². The molecule has 1 amide bonds. The molecule has 8 nitrogen and oxygen atoms in total. The molecule has 0 atom stereocenters. The topological polar surface area (TPSA) is 76.4 Å². The highest BCUT2D eigenvalue weighted by Crippen LogP contribution is 2.29. The third-order valence-electron chi connectivity index (χ3n) is 6.03. The quantitative estimate of drug-likeness (QED) is 0.353. The van der Waals surface area contributed by atoms with Gasteiger partial charge in [0.05, 0.1) is 12.9 Å². The van der Waals surface area contributed by atoms with Gasteiger partial charge in [-0.2, -0.15) is 0 Å². The molecule has 4 aromatic rings. The Hall–Kier alpha value is -3.92. The molecule has 1 fully saturated rings. The number of ether oxygens (including phenoxy) is 1. The Labute approximate surface area is 212 Å². The van der Waals surface area contributed by atoms with Crippen LogP contribution in [0.5, 0.6) is 5.75 Å². The lowest BCUT2D eigenvalue weighted by atomic mass is 10.2. The Bertz CT molecular complexity index is 1310. The smallest absolute Gasteiger partial charge is 0.233 e. The van der Waals surface area contributed by atoms with Crippen LogP contribution < -0.4 is 9.64 Å². The lowest BCUT2D eigenvalue weighted by Crippen LogP contribution is -2.49. The average molecular weight is 505 g/mol. The average Bonchev–Trinajstić information content (AvgIpc) is 3.37. The summed E-state index contributed by atoms with van der Waals surface area (Å²) in [6, 6.07) is 17.9. The van der Waals surface area contributed by atoms with Crippen LogP contribution in [-0.4, -0.2) is 69.6 Å². The Morgan fingerprint density at radius 1 is 0.972 bits per heavy atom. The summed E-state index contributed by atoms with van der Waals surface area (Å²) in [4.78, 5) is 21.3. The summed E-state index contributed by atoms with van der Waals surface area (Å²) >= 11 is 1.36. The molecule has 1 aliphatic rings. The van der Waals surface area contributed by atoms with Crippen molar-refractivity contribution in [1.29, 1.82) is 0 Å². The molecule has 0 N–H and O–H groups in total.